The lowest BCUT2D eigenvalue weighted by Gasteiger charge is -2.42. The summed E-state index contributed by atoms with van der Waals surface area (Å²) in [7, 11) is -4.10. The van der Waals surface area contributed by atoms with Gasteiger partial charge in [0.25, 0.3) is 5.91 Å². The molecule has 4 aliphatic carbocycles. The van der Waals surface area contributed by atoms with Crippen molar-refractivity contribution in [3.05, 3.63) is 12.7 Å². The molecule has 2 spiro atoms. The Hall–Kier alpha value is -3.04. The summed E-state index contributed by atoms with van der Waals surface area (Å²) in [6, 6.07) is -2.42. The van der Waals surface area contributed by atoms with Gasteiger partial charge in [0.2, 0.25) is 23.6 Å². The molecule has 58 heavy (non-hydrogen) atoms. The molecule has 3 heterocycles. The summed E-state index contributed by atoms with van der Waals surface area (Å²) in [4.78, 5) is 75.7. The van der Waals surface area contributed by atoms with E-state index >= 15 is 4.79 Å². The highest BCUT2D eigenvalue weighted by atomic mass is 32.2. The maximum Gasteiger partial charge on any atom is 0.303 e. The second kappa shape index (κ2) is 15.1. The van der Waals surface area contributed by atoms with Crippen LogP contribution in [0.2, 0.25) is 0 Å². The molecular weight excluding hydrogens is 759 g/mol. The van der Waals surface area contributed by atoms with Crippen LogP contribution in [0.25, 0.3) is 0 Å². The number of hydrogen-bond donors (Lipinski definition) is 4. The van der Waals surface area contributed by atoms with Gasteiger partial charge in [-0.25, -0.2) is 4.72 Å². The van der Waals surface area contributed by atoms with E-state index in [1.54, 1.807) is 11.0 Å². The second-order valence-electron chi connectivity index (χ2n) is 20.8. The van der Waals surface area contributed by atoms with Gasteiger partial charge in [-0.15, -0.1) is 6.58 Å². The van der Waals surface area contributed by atoms with Crippen LogP contribution in [-0.2, 0) is 34.2 Å². The number of nitrogens with zero attached hydrogens (tertiary/aromatic N) is 3. The second-order valence-corrected chi connectivity index (χ2v) is 22.5. The van der Waals surface area contributed by atoms with E-state index in [1.807, 2.05) is 20.8 Å². The van der Waals surface area contributed by atoms with E-state index in [2.05, 4.69) is 59.8 Å². The Morgan fingerprint density at radius 1 is 0.845 bits per heavy atom. The van der Waals surface area contributed by atoms with Gasteiger partial charge in [0, 0.05) is 50.1 Å². The normalized spacial score (nSPS) is 31.9. The Labute approximate surface area is 346 Å². The molecule has 14 nitrogen and oxygen atoms in total. The molecule has 7 fully saturated rings. The van der Waals surface area contributed by atoms with Crippen LogP contribution < -0.4 is 20.7 Å². The summed E-state index contributed by atoms with van der Waals surface area (Å²) < 4.78 is 29.8. The third-order valence-electron chi connectivity index (χ3n) is 16.2. The molecule has 324 valence electrons. The highest BCUT2D eigenvalue weighted by Crippen LogP contribution is 2.88. The monoisotopic (exact) mass is 827 g/mol. The lowest BCUT2D eigenvalue weighted by atomic mass is 9.73. The first kappa shape index (κ1) is 43.1. The predicted octanol–water partition coefficient (Wildman–Crippen LogP) is 3.24. The van der Waals surface area contributed by atoms with Crippen molar-refractivity contribution in [2.75, 3.05) is 32.7 Å². The fourth-order valence-corrected chi connectivity index (χ4v) is 13.2. The van der Waals surface area contributed by atoms with Gasteiger partial charge in [0.1, 0.15) is 23.7 Å². The van der Waals surface area contributed by atoms with Gasteiger partial charge in [0.15, 0.2) is 0 Å². The van der Waals surface area contributed by atoms with Crippen LogP contribution in [0.15, 0.2) is 12.7 Å². The smallest absolute Gasteiger partial charge is 0.303 e. The fraction of sp³-hybridized carbons (Fsp3) is 0.837. The molecule has 0 bridgehead atoms. The first-order chi connectivity index (χ1) is 27.1. The lowest BCUT2D eigenvalue weighted by Crippen LogP contribution is -2.63. The Kier molecular flexibility index (Phi) is 11.2. The number of amides is 5. The van der Waals surface area contributed by atoms with Gasteiger partial charge in [-0.05, 0) is 87.4 Å². The quantitative estimate of drug-likeness (QED) is 0.205. The molecule has 0 aromatic carbocycles. The van der Waals surface area contributed by atoms with Crippen LogP contribution in [0.5, 0.6) is 0 Å². The zero-order valence-corrected chi connectivity index (χ0v) is 36.8. The van der Waals surface area contributed by atoms with Crippen molar-refractivity contribution in [2.24, 2.45) is 39.4 Å². The van der Waals surface area contributed by atoms with E-state index in [1.165, 1.54) is 4.31 Å². The maximum atomic E-state index is 15.2. The topological polar surface area (TPSA) is 177 Å². The number of fused-ring (bicyclic) bond motifs is 1. The minimum Gasteiger partial charge on any atom is -0.344 e. The number of likely N-dealkylation sites (tertiary alicyclic amines) is 2. The predicted molar refractivity (Wildman–Crippen MR) is 220 cm³/mol. The number of hydrogen-bond acceptors (Lipinski definition) is 8. The first-order valence-electron chi connectivity index (χ1n) is 22.1. The zero-order chi connectivity index (χ0) is 42.2. The van der Waals surface area contributed by atoms with Crippen molar-refractivity contribution in [1.29, 1.82) is 0 Å². The third kappa shape index (κ3) is 7.10. The van der Waals surface area contributed by atoms with E-state index in [4.69, 9.17) is 0 Å². The van der Waals surface area contributed by atoms with Crippen LogP contribution in [-0.4, -0.2) is 114 Å². The van der Waals surface area contributed by atoms with Crippen LogP contribution >= 0.6 is 0 Å². The van der Waals surface area contributed by atoms with E-state index in [0.29, 0.717) is 58.0 Å². The standard InChI is InChI=1S/C43H69N7O7S/c1-9-30-22-43(30,38(55)47-58(56,57)49-20-13-14-21-49)46-35(52)31-23-42(40(7,8)41(42)18-15-19-41)26-50(31)37(54)33(39(4,5)6)45-36(53)32(28-16-11-10-12-17-28)44-34(51)29-24-48(25-29)27(2)3/h9,27-33H,1,10-26H2,2-8H3,(H,44,51)(H,45,53)(H,46,52)(H,47,55)/t30-,31+,32+,33-,42-,43-/m1/s1. The summed E-state index contributed by atoms with van der Waals surface area (Å²) >= 11 is 0. The van der Waals surface area contributed by atoms with Crippen molar-refractivity contribution >= 4 is 39.7 Å². The molecule has 5 amide bonds. The fourth-order valence-electron chi connectivity index (χ4n) is 11.9. The lowest BCUT2D eigenvalue weighted by molar-refractivity contribution is -0.145. The molecule has 0 radical (unpaired) electrons. The van der Waals surface area contributed by atoms with Crippen LogP contribution in [0.4, 0.5) is 0 Å². The molecule has 0 aromatic rings. The molecule has 4 saturated carbocycles. The Balaban J connectivity index is 1.14. The van der Waals surface area contributed by atoms with Crippen LogP contribution in [0.1, 0.15) is 126 Å². The van der Waals surface area contributed by atoms with Crippen molar-refractivity contribution in [3.8, 4) is 0 Å². The zero-order valence-electron chi connectivity index (χ0n) is 36.0. The van der Waals surface area contributed by atoms with Crippen LogP contribution in [0.3, 0.4) is 0 Å². The molecule has 15 heteroatoms. The van der Waals surface area contributed by atoms with Crippen molar-refractivity contribution in [2.45, 2.75) is 155 Å². The molecule has 7 rings (SSSR count). The largest absolute Gasteiger partial charge is 0.344 e. The van der Waals surface area contributed by atoms with Gasteiger partial charge in [-0.1, -0.05) is 66.4 Å². The maximum absolute atomic E-state index is 15.2. The summed E-state index contributed by atoms with van der Waals surface area (Å²) in [6.45, 7) is 20.5. The SMILES string of the molecule is C=C[C@@H]1C[C@]1(NC(=O)[C@@H]1C[C@@]2(CN1C(=O)[C@@H](NC(=O)[C@@H](NC(=O)C1CN(C(C)C)C1)C1CCCCC1)C(C)(C)C)C(C)(C)C21CCC1)C(=O)NS(=O)(=O)N1CCCC1. The molecule has 3 aliphatic heterocycles. The molecule has 3 saturated heterocycles. The van der Waals surface area contributed by atoms with Gasteiger partial charge in [-0.2, -0.15) is 12.7 Å². The van der Waals surface area contributed by atoms with Crippen molar-refractivity contribution < 1.29 is 32.4 Å². The Morgan fingerprint density at radius 2 is 1.48 bits per heavy atom. The minimum absolute atomic E-state index is 0.0147. The average molecular weight is 828 g/mol. The highest BCUT2D eigenvalue weighted by Gasteiger charge is 2.85. The van der Waals surface area contributed by atoms with Crippen molar-refractivity contribution in [1.82, 2.24) is 34.8 Å². The minimum atomic E-state index is -4.10. The first-order valence-corrected chi connectivity index (χ1v) is 23.5. The number of rotatable bonds is 13. The number of nitrogens with one attached hydrogen (secondary N) is 4. The van der Waals surface area contributed by atoms with E-state index in [9.17, 15) is 27.6 Å². The summed E-state index contributed by atoms with van der Waals surface area (Å²) in [5.41, 5.74) is -2.77. The third-order valence-corrected chi connectivity index (χ3v) is 17.7. The Morgan fingerprint density at radius 3 is 2.00 bits per heavy atom. The molecule has 0 unspecified atom stereocenters. The summed E-state index contributed by atoms with van der Waals surface area (Å²) in [5.74, 6) is -2.94. The summed E-state index contributed by atoms with van der Waals surface area (Å²) in [5, 5.41) is 9.22. The highest BCUT2D eigenvalue weighted by molar-refractivity contribution is 7.87. The molecule has 6 atom stereocenters. The molecule has 4 N–H and O–H groups in total. The average Bonchev–Trinajstić information content (AvgIpc) is 3.57. The van der Waals surface area contributed by atoms with Crippen LogP contribution in [0, 0.1) is 39.4 Å². The molecular formula is C43H69N7O7S. The van der Waals surface area contributed by atoms with E-state index < -0.39 is 57.0 Å². The number of carbonyl (C=O) groups is 5. The van der Waals surface area contributed by atoms with E-state index in [0.717, 1.165) is 51.4 Å². The van der Waals surface area contributed by atoms with Gasteiger partial charge in [0.05, 0.1) is 5.92 Å². The van der Waals surface area contributed by atoms with Gasteiger partial charge >= 0.3 is 10.2 Å². The van der Waals surface area contributed by atoms with Gasteiger partial charge in [-0.3, -0.25) is 28.9 Å². The van der Waals surface area contributed by atoms with Crippen molar-refractivity contribution in [3.63, 3.8) is 0 Å². The number of carbonyl (C=O) groups excluding carboxylic acids is 5. The van der Waals surface area contributed by atoms with E-state index in [-0.39, 0.29) is 52.2 Å². The summed E-state index contributed by atoms with van der Waals surface area (Å²) in [6.07, 6.45) is 11.3. The van der Waals surface area contributed by atoms with Gasteiger partial charge < -0.3 is 20.9 Å². The molecule has 7 aliphatic rings. The Bertz CT molecular complexity index is 1790. The molecule has 0 aromatic heterocycles.